The van der Waals surface area contributed by atoms with Crippen LogP contribution in [-0.4, -0.2) is 28.6 Å². The van der Waals surface area contributed by atoms with E-state index in [1.54, 1.807) is 12.3 Å². The Bertz CT molecular complexity index is 1110. The lowest BCUT2D eigenvalue weighted by atomic mass is 10.1. The number of amides is 3. The van der Waals surface area contributed by atoms with E-state index in [4.69, 9.17) is 4.42 Å². The molecule has 0 atom stereocenters. The molecule has 3 heterocycles. The second-order valence-electron chi connectivity index (χ2n) is 6.10. The lowest BCUT2D eigenvalue weighted by molar-refractivity contribution is -0.115. The number of rotatable bonds is 5. The molecule has 0 aliphatic carbocycles. The molecule has 0 saturated carbocycles. The van der Waals surface area contributed by atoms with Gasteiger partial charge < -0.3 is 9.73 Å². The predicted octanol–water partition coefficient (Wildman–Crippen LogP) is 3.12. The van der Waals surface area contributed by atoms with Crippen LogP contribution in [-0.2, 0) is 11.2 Å². The molecule has 0 radical (unpaired) electrons. The Balaban J connectivity index is 1.52. The molecule has 3 amide bonds. The number of benzene rings is 1. The van der Waals surface area contributed by atoms with Crippen LogP contribution in [0.3, 0.4) is 0 Å². The van der Waals surface area contributed by atoms with Crippen molar-refractivity contribution in [3.63, 3.8) is 0 Å². The van der Waals surface area contributed by atoms with Crippen LogP contribution in [0.4, 0.5) is 4.79 Å². The molecule has 0 spiro atoms. The van der Waals surface area contributed by atoms with Crippen molar-refractivity contribution in [1.82, 2.24) is 15.6 Å². The molecule has 1 aliphatic heterocycles. The van der Waals surface area contributed by atoms with E-state index in [0.29, 0.717) is 35.3 Å². The van der Waals surface area contributed by atoms with Crippen molar-refractivity contribution in [2.75, 3.05) is 6.54 Å². The maximum Gasteiger partial charge on any atom is 0.290 e. The van der Waals surface area contributed by atoms with Crippen molar-refractivity contribution < 1.29 is 18.8 Å². The molecule has 1 aromatic carbocycles. The zero-order valence-electron chi connectivity index (χ0n) is 14.6. The third-order valence-electron chi connectivity index (χ3n) is 4.14. The SMILES string of the molecule is O=C1NC(=O)/C(=C\c2cc3cncc(C(=O)NCCc4ccccc4)c3o2)S1. The largest absolute Gasteiger partial charge is 0.456 e. The van der Waals surface area contributed by atoms with Crippen LogP contribution in [0.5, 0.6) is 0 Å². The van der Waals surface area contributed by atoms with E-state index in [-0.39, 0.29) is 10.8 Å². The zero-order chi connectivity index (χ0) is 19.5. The molecule has 28 heavy (non-hydrogen) atoms. The number of thioether (sulfide) groups is 1. The minimum absolute atomic E-state index is 0.242. The van der Waals surface area contributed by atoms with Gasteiger partial charge in [-0.05, 0) is 29.8 Å². The van der Waals surface area contributed by atoms with Gasteiger partial charge in [0, 0.05) is 30.4 Å². The van der Waals surface area contributed by atoms with E-state index in [1.165, 1.54) is 12.3 Å². The molecule has 0 unspecified atom stereocenters. The number of fused-ring (bicyclic) bond motifs is 1. The van der Waals surface area contributed by atoms with Crippen LogP contribution in [0.25, 0.3) is 17.0 Å². The molecule has 2 aromatic heterocycles. The van der Waals surface area contributed by atoms with Crippen molar-refractivity contribution in [3.05, 3.63) is 70.6 Å². The average Bonchev–Trinajstić information content (AvgIpc) is 3.24. The summed E-state index contributed by atoms with van der Waals surface area (Å²) in [5, 5.41) is 5.27. The number of nitrogens with zero attached hydrogens (tertiary/aromatic N) is 1. The van der Waals surface area contributed by atoms with Crippen LogP contribution >= 0.6 is 11.8 Å². The standard InChI is InChI=1S/C20H15N3O4S/c24-18(22-7-6-12-4-2-1-3-5-12)15-11-21-10-13-8-14(27-17(13)15)9-16-19(25)23-20(26)28-16/h1-5,8-11H,6-7H2,(H,22,24)(H,23,25,26)/b16-9+. The fraction of sp³-hybridized carbons (Fsp3) is 0.100. The summed E-state index contributed by atoms with van der Waals surface area (Å²) >= 11 is 0.805. The summed E-state index contributed by atoms with van der Waals surface area (Å²) in [5.74, 6) is -0.383. The summed E-state index contributed by atoms with van der Waals surface area (Å²) in [7, 11) is 0. The van der Waals surface area contributed by atoms with Gasteiger partial charge in [-0.3, -0.25) is 24.7 Å². The molecule has 1 aliphatic rings. The van der Waals surface area contributed by atoms with Crippen molar-refractivity contribution in [2.45, 2.75) is 6.42 Å². The van der Waals surface area contributed by atoms with E-state index in [0.717, 1.165) is 17.3 Å². The minimum Gasteiger partial charge on any atom is -0.456 e. The topological polar surface area (TPSA) is 101 Å². The van der Waals surface area contributed by atoms with Gasteiger partial charge in [0.05, 0.1) is 4.91 Å². The van der Waals surface area contributed by atoms with Gasteiger partial charge in [0.1, 0.15) is 11.3 Å². The number of hydrogen-bond acceptors (Lipinski definition) is 6. The average molecular weight is 393 g/mol. The molecule has 140 valence electrons. The maximum atomic E-state index is 12.6. The number of imide groups is 1. The summed E-state index contributed by atoms with van der Waals surface area (Å²) in [6, 6.07) is 11.5. The van der Waals surface area contributed by atoms with Gasteiger partial charge in [-0.2, -0.15) is 0 Å². The second kappa shape index (κ2) is 7.69. The number of hydrogen-bond donors (Lipinski definition) is 2. The Labute approximate surface area is 164 Å². The fourth-order valence-electron chi connectivity index (χ4n) is 2.83. The molecule has 0 bridgehead atoms. The first kappa shape index (κ1) is 18.0. The molecule has 7 nitrogen and oxygen atoms in total. The quantitative estimate of drug-likeness (QED) is 0.646. The van der Waals surface area contributed by atoms with Crippen molar-refractivity contribution >= 4 is 45.9 Å². The summed E-state index contributed by atoms with van der Waals surface area (Å²) in [5.41, 5.74) is 1.83. The van der Waals surface area contributed by atoms with Gasteiger partial charge in [0.2, 0.25) is 0 Å². The lowest BCUT2D eigenvalue weighted by Crippen LogP contribution is -2.25. The van der Waals surface area contributed by atoms with Gasteiger partial charge in [-0.15, -0.1) is 0 Å². The molecule has 8 heteroatoms. The summed E-state index contributed by atoms with van der Waals surface area (Å²) in [4.78, 5) is 39.8. The number of aromatic nitrogens is 1. The first-order valence-electron chi connectivity index (χ1n) is 8.55. The molecular weight excluding hydrogens is 378 g/mol. The van der Waals surface area contributed by atoms with Crippen LogP contribution in [0, 0.1) is 0 Å². The number of furan rings is 1. The first-order valence-corrected chi connectivity index (χ1v) is 9.36. The van der Waals surface area contributed by atoms with Crippen molar-refractivity contribution in [1.29, 1.82) is 0 Å². The third-order valence-corrected chi connectivity index (χ3v) is 4.95. The van der Waals surface area contributed by atoms with Crippen molar-refractivity contribution in [3.8, 4) is 0 Å². The molecular formula is C20H15N3O4S. The molecule has 4 rings (SSSR count). The lowest BCUT2D eigenvalue weighted by Gasteiger charge is -2.05. The van der Waals surface area contributed by atoms with Crippen LogP contribution in [0.2, 0.25) is 0 Å². The van der Waals surface area contributed by atoms with E-state index in [2.05, 4.69) is 15.6 Å². The molecule has 1 saturated heterocycles. The van der Waals surface area contributed by atoms with Gasteiger partial charge in [0.15, 0.2) is 5.58 Å². The highest BCUT2D eigenvalue weighted by Crippen LogP contribution is 2.29. The van der Waals surface area contributed by atoms with Crippen LogP contribution in [0.15, 0.2) is 58.1 Å². The first-order chi connectivity index (χ1) is 13.6. The Morgan fingerprint density at radius 2 is 2.04 bits per heavy atom. The Morgan fingerprint density at radius 1 is 1.21 bits per heavy atom. The Kier molecular flexibility index (Phi) is 4.94. The van der Waals surface area contributed by atoms with Gasteiger partial charge in [-0.1, -0.05) is 30.3 Å². The summed E-state index contributed by atoms with van der Waals surface area (Å²) in [6.07, 6.45) is 5.21. The fourth-order valence-corrected chi connectivity index (χ4v) is 3.49. The van der Waals surface area contributed by atoms with Gasteiger partial charge in [0.25, 0.3) is 17.1 Å². The van der Waals surface area contributed by atoms with Crippen LogP contribution < -0.4 is 10.6 Å². The van der Waals surface area contributed by atoms with Gasteiger partial charge in [-0.25, -0.2) is 0 Å². The highest BCUT2D eigenvalue weighted by Gasteiger charge is 2.25. The van der Waals surface area contributed by atoms with Crippen LogP contribution in [0.1, 0.15) is 21.7 Å². The Morgan fingerprint density at radius 3 is 2.79 bits per heavy atom. The molecule has 1 fully saturated rings. The summed E-state index contributed by atoms with van der Waals surface area (Å²) in [6.45, 7) is 0.482. The van der Waals surface area contributed by atoms with E-state index < -0.39 is 11.1 Å². The number of nitrogens with one attached hydrogen (secondary N) is 2. The highest BCUT2D eigenvalue weighted by molar-refractivity contribution is 8.18. The van der Waals surface area contributed by atoms with E-state index >= 15 is 0 Å². The smallest absolute Gasteiger partial charge is 0.290 e. The van der Waals surface area contributed by atoms with E-state index in [1.807, 2.05) is 30.3 Å². The normalized spacial score (nSPS) is 15.2. The zero-order valence-corrected chi connectivity index (χ0v) is 15.4. The monoisotopic (exact) mass is 393 g/mol. The minimum atomic E-state index is -0.465. The highest BCUT2D eigenvalue weighted by atomic mass is 32.2. The maximum absolute atomic E-state index is 12.6. The second-order valence-corrected chi connectivity index (χ2v) is 7.11. The van der Waals surface area contributed by atoms with Crippen molar-refractivity contribution in [2.24, 2.45) is 0 Å². The molecule has 3 aromatic rings. The Hall–Kier alpha value is -3.39. The van der Waals surface area contributed by atoms with Gasteiger partial charge >= 0.3 is 0 Å². The van der Waals surface area contributed by atoms with E-state index in [9.17, 15) is 14.4 Å². The number of carbonyl (C=O) groups is 3. The predicted molar refractivity (Wildman–Crippen MR) is 106 cm³/mol. The number of carbonyl (C=O) groups excluding carboxylic acids is 3. The molecule has 2 N–H and O–H groups in total. The summed E-state index contributed by atoms with van der Waals surface area (Å²) < 4.78 is 5.75. The number of pyridine rings is 1. The third kappa shape index (κ3) is 3.81.